The van der Waals surface area contributed by atoms with Crippen molar-refractivity contribution in [3.63, 3.8) is 0 Å². The molecular formula is C18H17N5O2S2. The number of fused-ring (bicyclic) bond motifs is 1. The Morgan fingerprint density at radius 3 is 2.89 bits per heavy atom. The average Bonchev–Trinajstić information content (AvgIpc) is 3.35. The van der Waals surface area contributed by atoms with E-state index in [0.717, 1.165) is 36.1 Å². The maximum absolute atomic E-state index is 12.6. The van der Waals surface area contributed by atoms with Crippen LogP contribution in [-0.4, -0.2) is 31.2 Å². The van der Waals surface area contributed by atoms with Gasteiger partial charge >= 0.3 is 5.69 Å². The predicted molar refractivity (Wildman–Crippen MR) is 105 cm³/mol. The first kappa shape index (κ1) is 17.9. The van der Waals surface area contributed by atoms with Gasteiger partial charge in [-0.2, -0.15) is 4.98 Å². The first-order valence-corrected chi connectivity index (χ1v) is 10.4. The molecule has 3 aromatic rings. The lowest BCUT2D eigenvalue weighted by Gasteiger charge is -2.14. The van der Waals surface area contributed by atoms with Crippen molar-refractivity contribution in [3.05, 3.63) is 63.4 Å². The van der Waals surface area contributed by atoms with E-state index in [-0.39, 0.29) is 17.3 Å². The van der Waals surface area contributed by atoms with Gasteiger partial charge in [-0.25, -0.2) is 9.78 Å². The van der Waals surface area contributed by atoms with E-state index < -0.39 is 0 Å². The number of carbonyl (C=O) groups is 1. The maximum Gasteiger partial charge on any atom is 0.349 e. The van der Waals surface area contributed by atoms with Gasteiger partial charge in [0.15, 0.2) is 5.13 Å². The molecule has 1 aliphatic carbocycles. The van der Waals surface area contributed by atoms with Crippen molar-refractivity contribution in [2.45, 2.75) is 30.8 Å². The molecule has 0 fully saturated rings. The van der Waals surface area contributed by atoms with E-state index in [4.69, 9.17) is 0 Å². The van der Waals surface area contributed by atoms with Crippen LogP contribution in [0.5, 0.6) is 0 Å². The van der Waals surface area contributed by atoms with E-state index in [2.05, 4.69) is 20.3 Å². The molecule has 3 aromatic heterocycles. The third-order valence-electron chi connectivity index (χ3n) is 4.31. The quantitative estimate of drug-likeness (QED) is 0.506. The van der Waals surface area contributed by atoms with E-state index in [1.54, 1.807) is 28.5 Å². The summed E-state index contributed by atoms with van der Waals surface area (Å²) < 4.78 is 1.75. The number of hydrogen-bond donors (Lipinski definition) is 1. The van der Waals surface area contributed by atoms with Gasteiger partial charge in [-0.3, -0.25) is 14.3 Å². The second kappa shape index (κ2) is 8.01. The van der Waals surface area contributed by atoms with Gasteiger partial charge in [0.1, 0.15) is 5.03 Å². The van der Waals surface area contributed by atoms with Crippen LogP contribution in [0, 0.1) is 0 Å². The summed E-state index contributed by atoms with van der Waals surface area (Å²) in [6.45, 7) is 0.492. The van der Waals surface area contributed by atoms with Gasteiger partial charge in [-0.1, -0.05) is 11.8 Å². The lowest BCUT2D eigenvalue weighted by Crippen LogP contribution is -2.28. The molecule has 4 rings (SSSR count). The SMILES string of the molecule is O=C(CSc1nc(=O)n(Cc2ccncc2)c2c1CCC2)Nc1nccs1. The Morgan fingerprint density at radius 2 is 2.11 bits per heavy atom. The molecule has 0 bridgehead atoms. The van der Waals surface area contributed by atoms with Crippen molar-refractivity contribution >= 4 is 34.1 Å². The van der Waals surface area contributed by atoms with Crippen LogP contribution < -0.4 is 11.0 Å². The van der Waals surface area contributed by atoms with E-state index in [9.17, 15) is 9.59 Å². The number of rotatable bonds is 6. The molecule has 0 atom stereocenters. The molecule has 1 aliphatic rings. The third-order valence-corrected chi connectivity index (χ3v) is 6.02. The normalized spacial score (nSPS) is 12.7. The molecular weight excluding hydrogens is 382 g/mol. The Balaban J connectivity index is 1.53. The highest BCUT2D eigenvalue weighted by Crippen LogP contribution is 2.29. The van der Waals surface area contributed by atoms with Crippen molar-refractivity contribution in [2.75, 3.05) is 11.1 Å². The van der Waals surface area contributed by atoms with Crippen molar-refractivity contribution in [2.24, 2.45) is 0 Å². The highest BCUT2D eigenvalue weighted by atomic mass is 32.2. The fraction of sp³-hybridized carbons (Fsp3) is 0.278. The standard InChI is InChI=1S/C18H17N5O2S2/c24-15(21-17-20-8-9-26-17)11-27-16-13-2-1-3-14(13)23(18(25)22-16)10-12-4-6-19-7-5-12/h4-9H,1-3,10-11H2,(H,20,21,24). The number of aromatic nitrogens is 4. The summed E-state index contributed by atoms with van der Waals surface area (Å²) >= 11 is 2.69. The Hall–Kier alpha value is -2.52. The highest BCUT2D eigenvalue weighted by Gasteiger charge is 2.22. The number of anilines is 1. The molecule has 0 radical (unpaired) electrons. The number of nitrogens with one attached hydrogen (secondary N) is 1. The minimum atomic E-state index is -0.268. The fourth-order valence-corrected chi connectivity index (χ4v) is 4.54. The summed E-state index contributed by atoms with van der Waals surface area (Å²) in [6, 6.07) is 3.80. The second-order valence-corrected chi connectivity index (χ2v) is 7.95. The van der Waals surface area contributed by atoms with Crippen LogP contribution in [0.2, 0.25) is 0 Å². The van der Waals surface area contributed by atoms with Crippen LogP contribution in [0.15, 0.2) is 45.9 Å². The van der Waals surface area contributed by atoms with Crippen molar-refractivity contribution in [1.82, 2.24) is 19.5 Å². The van der Waals surface area contributed by atoms with Gasteiger partial charge in [-0.15, -0.1) is 11.3 Å². The first-order valence-electron chi connectivity index (χ1n) is 8.54. The molecule has 9 heteroatoms. The Labute approximate surface area is 163 Å². The molecule has 0 spiro atoms. The predicted octanol–water partition coefficient (Wildman–Crippen LogP) is 2.36. The first-order chi connectivity index (χ1) is 13.2. The number of carbonyl (C=O) groups excluding carboxylic acids is 1. The Kier molecular flexibility index (Phi) is 5.30. The van der Waals surface area contributed by atoms with Crippen LogP contribution >= 0.6 is 23.1 Å². The number of hydrogen-bond acceptors (Lipinski definition) is 7. The number of thiazole rings is 1. The molecule has 1 N–H and O–H groups in total. The molecule has 0 unspecified atom stereocenters. The maximum atomic E-state index is 12.6. The molecule has 27 heavy (non-hydrogen) atoms. The number of pyridine rings is 1. The summed E-state index contributed by atoms with van der Waals surface area (Å²) in [5.41, 5.74) is 2.88. The molecule has 0 aliphatic heterocycles. The zero-order chi connectivity index (χ0) is 18.6. The largest absolute Gasteiger partial charge is 0.349 e. The number of amides is 1. The summed E-state index contributed by atoms with van der Waals surface area (Å²) in [5, 5.41) is 5.80. The smallest absolute Gasteiger partial charge is 0.301 e. The van der Waals surface area contributed by atoms with Gasteiger partial charge in [0.2, 0.25) is 5.91 Å². The van der Waals surface area contributed by atoms with Gasteiger partial charge in [0.25, 0.3) is 0 Å². The lowest BCUT2D eigenvalue weighted by atomic mass is 10.2. The van der Waals surface area contributed by atoms with Crippen LogP contribution in [-0.2, 0) is 24.2 Å². The Morgan fingerprint density at radius 1 is 1.26 bits per heavy atom. The molecule has 0 aromatic carbocycles. The van der Waals surface area contributed by atoms with E-state index in [1.807, 2.05) is 12.1 Å². The molecule has 1 amide bonds. The fourth-order valence-electron chi connectivity index (χ4n) is 3.11. The van der Waals surface area contributed by atoms with Crippen LogP contribution in [0.4, 0.5) is 5.13 Å². The van der Waals surface area contributed by atoms with Crippen LogP contribution in [0.3, 0.4) is 0 Å². The molecule has 3 heterocycles. The zero-order valence-corrected chi connectivity index (χ0v) is 16.1. The Bertz CT molecular complexity index is 1000. The van der Waals surface area contributed by atoms with Crippen LogP contribution in [0.25, 0.3) is 0 Å². The van der Waals surface area contributed by atoms with Crippen molar-refractivity contribution in [1.29, 1.82) is 0 Å². The van der Waals surface area contributed by atoms with E-state index in [1.165, 1.54) is 23.1 Å². The van der Waals surface area contributed by atoms with Gasteiger partial charge in [-0.05, 0) is 37.0 Å². The van der Waals surface area contributed by atoms with E-state index >= 15 is 0 Å². The third kappa shape index (κ3) is 4.09. The number of thioether (sulfide) groups is 1. The summed E-state index contributed by atoms with van der Waals surface area (Å²) in [7, 11) is 0. The minimum Gasteiger partial charge on any atom is -0.301 e. The molecule has 138 valence electrons. The zero-order valence-electron chi connectivity index (χ0n) is 14.4. The average molecular weight is 400 g/mol. The molecule has 0 saturated carbocycles. The monoisotopic (exact) mass is 399 g/mol. The van der Waals surface area contributed by atoms with Gasteiger partial charge in [0.05, 0.1) is 12.3 Å². The summed E-state index contributed by atoms with van der Waals surface area (Å²) in [6.07, 6.45) is 7.82. The minimum absolute atomic E-state index is 0.149. The number of nitrogens with zero attached hydrogens (tertiary/aromatic N) is 4. The van der Waals surface area contributed by atoms with Crippen molar-refractivity contribution < 1.29 is 4.79 Å². The van der Waals surface area contributed by atoms with Crippen LogP contribution in [0.1, 0.15) is 23.2 Å². The topological polar surface area (TPSA) is 89.8 Å². The van der Waals surface area contributed by atoms with E-state index in [0.29, 0.717) is 16.7 Å². The second-order valence-electron chi connectivity index (χ2n) is 6.09. The summed E-state index contributed by atoms with van der Waals surface area (Å²) in [5.74, 6) is 0.0526. The molecule has 0 saturated heterocycles. The molecule has 7 nitrogen and oxygen atoms in total. The van der Waals surface area contributed by atoms with Gasteiger partial charge in [0, 0.05) is 35.2 Å². The van der Waals surface area contributed by atoms with Gasteiger partial charge < -0.3 is 5.32 Å². The van der Waals surface area contributed by atoms with Crippen molar-refractivity contribution in [3.8, 4) is 0 Å². The summed E-state index contributed by atoms with van der Waals surface area (Å²) in [4.78, 5) is 37.0. The highest BCUT2D eigenvalue weighted by molar-refractivity contribution is 8.00. The lowest BCUT2D eigenvalue weighted by molar-refractivity contribution is -0.113.